The Balaban J connectivity index is 1.44. The van der Waals surface area contributed by atoms with Crippen molar-refractivity contribution >= 4 is 0 Å². The predicted molar refractivity (Wildman–Crippen MR) is 59.7 cm³/mol. The van der Waals surface area contributed by atoms with Crippen LogP contribution in [0.5, 0.6) is 0 Å². The molecule has 0 aromatic rings. The maximum absolute atomic E-state index is 6.10. The first kappa shape index (κ1) is 10.1. The van der Waals surface area contributed by atoms with E-state index in [1.807, 2.05) is 0 Å². The predicted octanol–water partition coefficient (Wildman–Crippen LogP) is 0.977. The van der Waals surface area contributed by atoms with Gasteiger partial charge in [-0.2, -0.15) is 0 Å². The van der Waals surface area contributed by atoms with E-state index in [1.165, 1.54) is 38.6 Å². The zero-order valence-electron chi connectivity index (χ0n) is 9.40. The van der Waals surface area contributed by atoms with Crippen LogP contribution in [0.2, 0.25) is 0 Å². The van der Waals surface area contributed by atoms with Gasteiger partial charge < -0.3 is 10.5 Å². The summed E-state index contributed by atoms with van der Waals surface area (Å²) in [7, 11) is 0. The monoisotopic (exact) mass is 210 g/mol. The van der Waals surface area contributed by atoms with Crippen LogP contribution in [0.25, 0.3) is 0 Å². The fourth-order valence-corrected chi connectivity index (χ4v) is 2.95. The Hall–Kier alpha value is -0.120. The topological polar surface area (TPSA) is 38.5 Å². The summed E-state index contributed by atoms with van der Waals surface area (Å²) in [5, 5.41) is 0. The minimum atomic E-state index is 0.505. The maximum atomic E-state index is 6.10. The molecule has 1 aliphatic carbocycles. The Bertz CT molecular complexity index is 228. The van der Waals surface area contributed by atoms with Gasteiger partial charge in [-0.15, -0.1) is 0 Å². The highest BCUT2D eigenvalue weighted by atomic mass is 16.5. The lowest BCUT2D eigenvalue weighted by atomic mass is 10.0. The Labute approximate surface area is 91.9 Å². The van der Waals surface area contributed by atoms with Gasteiger partial charge in [-0.1, -0.05) is 0 Å². The molecule has 15 heavy (non-hydrogen) atoms. The first-order valence-corrected chi connectivity index (χ1v) is 6.46. The van der Waals surface area contributed by atoms with Gasteiger partial charge in [-0.05, 0) is 38.0 Å². The molecule has 0 aromatic heterocycles. The molecule has 2 saturated heterocycles. The molecule has 3 unspecified atom stereocenters. The molecule has 3 atom stereocenters. The van der Waals surface area contributed by atoms with Crippen molar-refractivity contribution in [2.45, 2.75) is 50.4 Å². The van der Waals surface area contributed by atoms with E-state index < -0.39 is 0 Å². The summed E-state index contributed by atoms with van der Waals surface area (Å²) in [5.41, 5.74) is 5.70. The lowest BCUT2D eigenvalue weighted by Gasteiger charge is -2.41. The lowest BCUT2D eigenvalue weighted by molar-refractivity contribution is -0.0152. The van der Waals surface area contributed by atoms with Gasteiger partial charge in [-0.3, -0.25) is 4.90 Å². The van der Waals surface area contributed by atoms with E-state index in [0.29, 0.717) is 18.2 Å². The standard InChI is InChI=1S/C12H22N2O/c13-7-10-5-6-14(10)8-11-3-4-12(15-11)9-1-2-9/h9-12H,1-8,13H2. The minimum Gasteiger partial charge on any atom is -0.373 e. The smallest absolute Gasteiger partial charge is 0.0707 e. The molecule has 3 heteroatoms. The first-order valence-electron chi connectivity index (χ1n) is 6.46. The van der Waals surface area contributed by atoms with Crippen LogP contribution in [0.4, 0.5) is 0 Å². The van der Waals surface area contributed by atoms with Gasteiger partial charge in [0, 0.05) is 25.7 Å². The summed E-state index contributed by atoms with van der Waals surface area (Å²) in [6.07, 6.45) is 7.79. The first-order chi connectivity index (χ1) is 7.36. The normalized spacial score (nSPS) is 41.8. The van der Waals surface area contributed by atoms with Crippen molar-refractivity contribution < 1.29 is 4.74 Å². The molecule has 86 valence electrons. The van der Waals surface area contributed by atoms with Crippen LogP contribution in [-0.4, -0.2) is 42.8 Å². The van der Waals surface area contributed by atoms with E-state index in [2.05, 4.69) is 4.90 Å². The summed E-state index contributed by atoms with van der Waals surface area (Å²) in [6, 6.07) is 0.647. The van der Waals surface area contributed by atoms with E-state index in [-0.39, 0.29) is 0 Å². The molecule has 3 aliphatic rings. The highest BCUT2D eigenvalue weighted by Crippen LogP contribution is 2.40. The van der Waals surface area contributed by atoms with Crippen molar-refractivity contribution in [3.05, 3.63) is 0 Å². The second-order valence-corrected chi connectivity index (χ2v) is 5.38. The Morgan fingerprint density at radius 2 is 2.00 bits per heavy atom. The summed E-state index contributed by atoms with van der Waals surface area (Å²) in [5.74, 6) is 0.914. The fourth-order valence-electron chi connectivity index (χ4n) is 2.95. The fraction of sp³-hybridized carbons (Fsp3) is 1.00. The molecule has 0 spiro atoms. The third-order valence-corrected chi connectivity index (χ3v) is 4.26. The van der Waals surface area contributed by atoms with Crippen molar-refractivity contribution in [3.63, 3.8) is 0 Å². The van der Waals surface area contributed by atoms with Crippen molar-refractivity contribution in [1.29, 1.82) is 0 Å². The zero-order valence-corrected chi connectivity index (χ0v) is 9.40. The molecule has 3 nitrogen and oxygen atoms in total. The van der Waals surface area contributed by atoms with Crippen LogP contribution in [-0.2, 0) is 4.74 Å². The maximum Gasteiger partial charge on any atom is 0.0707 e. The second kappa shape index (κ2) is 4.04. The van der Waals surface area contributed by atoms with Crippen molar-refractivity contribution in [2.75, 3.05) is 19.6 Å². The highest BCUT2D eigenvalue weighted by molar-refractivity contribution is 4.90. The molecule has 0 aromatic carbocycles. The van der Waals surface area contributed by atoms with Gasteiger partial charge >= 0.3 is 0 Å². The molecule has 0 radical (unpaired) electrons. The van der Waals surface area contributed by atoms with Crippen LogP contribution >= 0.6 is 0 Å². The van der Waals surface area contributed by atoms with E-state index in [0.717, 1.165) is 19.0 Å². The number of likely N-dealkylation sites (tertiary alicyclic amines) is 1. The van der Waals surface area contributed by atoms with E-state index in [1.54, 1.807) is 0 Å². The molecule has 0 amide bonds. The van der Waals surface area contributed by atoms with Gasteiger partial charge in [0.15, 0.2) is 0 Å². The number of hydrogen-bond donors (Lipinski definition) is 1. The molecule has 2 N–H and O–H groups in total. The summed E-state index contributed by atoms with van der Waals surface area (Å²) in [4.78, 5) is 2.50. The van der Waals surface area contributed by atoms with Crippen molar-refractivity contribution in [2.24, 2.45) is 11.7 Å². The average Bonchev–Trinajstić information content (AvgIpc) is 2.95. The Kier molecular flexibility index (Phi) is 2.71. The number of ether oxygens (including phenoxy) is 1. The van der Waals surface area contributed by atoms with Gasteiger partial charge in [0.25, 0.3) is 0 Å². The SMILES string of the molecule is NCC1CCN1CC1CCC(C2CC2)O1. The second-order valence-electron chi connectivity index (χ2n) is 5.38. The van der Waals surface area contributed by atoms with Crippen molar-refractivity contribution in [1.82, 2.24) is 4.90 Å². The van der Waals surface area contributed by atoms with Crippen LogP contribution in [0, 0.1) is 5.92 Å². The van der Waals surface area contributed by atoms with E-state index in [9.17, 15) is 0 Å². The number of hydrogen-bond acceptors (Lipinski definition) is 3. The molecule has 3 rings (SSSR count). The minimum absolute atomic E-state index is 0.505. The van der Waals surface area contributed by atoms with E-state index >= 15 is 0 Å². The summed E-state index contributed by atoms with van der Waals surface area (Å²) < 4.78 is 6.10. The molecular formula is C12H22N2O. The van der Waals surface area contributed by atoms with Gasteiger partial charge in [0.05, 0.1) is 12.2 Å². The van der Waals surface area contributed by atoms with Gasteiger partial charge in [0.1, 0.15) is 0 Å². The third kappa shape index (κ3) is 2.05. The molecule has 0 bridgehead atoms. The molecule has 1 saturated carbocycles. The van der Waals surface area contributed by atoms with Crippen LogP contribution in [0.15, 0.2) is 0 Å². The van der Waals surface area contributed by atoms with Gasteiger partial charge in [-0.25, -0.2) is 0 Å². The van der Waals surface area contributed by atoms with Gasteiger partial charge in [0.2, 0.25) is 0 Å². The highest BCUT2D eigenvalue weighted by Gasteiger charge is 2.39. The third-order valence-electron chi connectivity index (χ3n) is 4.26. The van der Waals surface area contributed by atoms with Crippen LogP contribution < -0.4 is 5.73 Å². The lowest BCUT2D eigenvalue weighted by Crippen LogP contribution is -2.54. The summed E-state index contributed by atoms with van der Waals surface area (Å²) >= 11 is 0. The van der Waals surface area contributed by atoms with Crippen molar-refractivity contribution in [3.8, 4) is 0 Å². The van der Waals surface area contributed by atoms with Crippen LogP contribution in [0.1, 0.15) is 32.1 Å². The Morgan fingerprint density at radius 3 is 2.60 bits per heavy atom. The summed E-state index contributed by atoms with van der Waals surface area (Å²) in [6.45, 7) is 3.18. The largest absolute Gasteiger partial charge is 0.373 e. The van der Waals surface area contributed by atoms with E-state index in [4.69, 9.17) is 10.5 Å². The number of nitrogens with zero attached hydrogens (tertiary/aromatic N) is 1. The molecule has 3 fully saturated rings. The quantitative estimate of drug-likeness (QED) is 0.751. The molecular weight excluding hydrogens is 188 g/mol. The zero-order chi connectivity index (χ0) is 10.3. The number of rotatable bonds is 4. The average molecular weight is 210 g/mol. The molecule has 2 heterocycles. The molecule has 2 aliphatic heterocycles. The Morgan fingerprint density at radius 1 is 1.13 bits per heavy atom. The van der Waals surface area contributed by atoms with Crippen LogP contribution in [0.3, 0.4) is 0 Å². The number of nitrogens with two attached hydrogens (primary N) is 1.